The quantitative estimate of drug-likeness (QED) is 0.833. The number of benzene rings is 1. The van der Waals surface area contributed by atoms with Crippen LogP contribution in [-0.2, 0) is 6.54 Å². The maximum Gasteiger partial charge on any atom is 0.0371 e. The van der Waals surface area contributed by atoms with Gasteiger partial charge in [-0.15, -0.1) is 0 Å². The van der Waals surface area contributed by atoms with Crippen LogP contribution in [0.1, 0.15) is 44.2 Å². The molecule has 0 bridgehead atoms. The summed E-state index contributed by atoms with van der Waals surface area (Å²) in [6.07, 6.45) is 3.99. The van der Waals surface area contributed by atoms with E-state index < -0.39 is 0 Å². The van der Waals surface area contributed by atoms with Crippen LogP contribution >= 0.6 is 0 Å². The van der Waals surface area contributed by atoms with Crippen molar-refractivity contribution in [3.8, 4) is 0 Å². The molecule has 2 rings (SSSR count). The number of anilines is 1. The molecule has 0 amide bonds. The lowest BCUT2D eigenvalue weighted by atomic mass is 10.1. The molecule has 1 saturated carbocycles. The number of nitrogens with zero attached hydrogens (tertiary/aromatic N) is 1. The van der Waals surface area contributed by atoms with Crippen molar-refractivity contribution in [1.82, 2.24) is 0 Å². The monoisotopic (exact) mass is 246 g/mol. The van der Waals surface area contributed by atoms with Crippen molar-refractivity contribution in [2.45, 2.75) is 52.6 Å². The van der Waals surface area contributed by atoms with E-state index in [9.17, 15) is 0 Å². The summed E-state index contributed by atoms with van der Waals surface area (Å²) in [5.41, 5.74) is 9.70. The predicted molar refractivity (Wildman–Crippen MR) is 78.9 cm³/mol. The molecule has 1 aromatic carbocycles. The highest BCUT2D eigenvalue weighted by Crippen LogP contribution is 2.33. The molecule has 1 aliphatic carbocycles. The van der Waals surface area contributed by atoms with Gasteiger partial charge >= 0.3 is 0 Å². The van der Waals surface area contributed by atoms with Crippen LogP contribution in [0.3, 0.4) is 0 Å². The normalized spacial score (nSPS) is 15.2. The first-order valence-electron chi connectivity index (χ1n) is 7.18. The summed E-state index contributed by atoms with van der Waals surface area (Å²) in [7, 11) is 0. The second kappa shape index (κ2) is 5.75. The van der Waals surface area contributed by atoms with Crippen molar-refractivity contribution in [3.63, 3.8) is 0 Å². The maximum atomic E-state index is 5.73. The van der Waals surface area contributed by atoms with Crippen LogP contribution in [0.4, 0.5) is 5.69 Å². The van der Waals surface area contributed by atoms with Crippen molar-refractivity contribution < 1.29 is 0 Å². The Balaban J connectivity index is 2.12. The van der Waals surface area contributed by atoms with E-state index in [1.807, 2.05) is 0 Å². The molecule has 2 N–H and O–H groups in total. The molecular formula is C16H26N2. The summed E-state index contributed by atoms with van der Waals surface area (Å²) in [5.74, 6) is 0.774. The zero-order valence-corrected chi connectivity index (χ0v) is 11.9. The number of nitrogens with two attached hydrogens (primary N) is 1. The maximum absolute atomic E-state index is 5.73. The van der Waals surface area contributed by atoms with E-state index in [1.54, 1.807) is 0 Å². The Kier molecular flexibility index (Phi) is 4.28. The van der Waals surface area contributed by atoms with Crippen LogP contribution in [0.2, 0.25) is 0 Å². The third-order valence-corrected chi connectivity index (χ3v) is 3.81. The summed E-state index contributed by atoms with van der Waals surface area (Å²) in [6, 6.07) is 7.52. The average Bonchev–Trinajstić information content (AvgIpc) is 3.13. The van der Waals surface area contributed by atoms with Gasteiger partial charge in [0, 0.05) is 24.8 Å². The SMILES string of the molecule is Cc1cc(N(CCC(C)C)C2CC2)ccc1CN. The zero-order chi connectivity index (χ0) is 13.1. The molecular weight excluding hydrogens is 220 g/mol. The number of rotatable bonds is 6. The molecule has 0 spiro atoms. The number of hydrogen-bond acceptors (Lipinski definition) is 2. The molecule has 1 fully saturated rings. The Morgan fingerprint density at radius 1 is 1.33 bits per heavy atom. The zero-order valence-electron chi connectivity index (χ0n) is 11.9. The fourth-order valence-corrected chi connectivity index (χ4v) is 2.39. The van der Waals surface area contributed by atoms with Gasteiger partial charge in [0.05, 0.1) is 0 Å². The Morgan fingerprint density at radius 3 is 2.56 bits per heavy atom. The minimum atomic E-state index is 0.640. The van der Waals surface area contributed by atoms with E-state index in [2.05, 4.69) is 43.9 Å². The fourth-order valence-electron chi connectivity index (χ4n) is 2.39. The van der Waals surface area contributed by atoms with Gasteiger partial charge in [-0.2, -0.15) is 0 Å². The van der Waals surface area contributed by atoms with Gasteiger partial charge in [-0.05, 0) is 55.4 Å². The van der Waals surface area contributed by atoms with Crippen LogP contribution in [-0.4, -0.2) is 12.6 Å². The standard InChI is InChI=1S/C16H26N2/c1-12(2)8-9-18(15-6-7-15)16-5-4-14(11-17)13(3)10-16/h4-5,10,12,15H,6-9,11,17H2,1-3H3. The van der Waals surface area contributed by atoms with Gasteiger partial charge in [-0.25, -0.2) is 0 Å². The van der Waals surface area contributed by atoms with Gasteiger partial charge in [-0.1, -0.05) is 19.9 Å². The van der Waals surface area contributed by atoms with E-state index in [1.165, 1.54) is 42.6 Å². The van der Waals surface area contributed by atoms with Crippen LogP contribution in [0, 0.1) is 12.8 Å². The van der Waals surface area contributed by atoms with Crippen molar-refractivity contribution in [1.29, 1.82) is 0 Å². The van der Waals surface area contributed by atoms with E-state index in [-0.39, 0.29) is 0 Å². The van der Waals surface area contributed by atoms with Gasteiger partial charge in [0.25, 0.3) is 0 Å². The van der Waals surface area contributed by atoms with Gasteiger partial charge < -0.3 is 10.6 Å². The van der Waals surface area contributed by atoms with E-state index in [0.717, 1.165) is 12.0 Å². The molecule has 0 unspecified atom stereocenters. The highest BCUT2D eigenvalue weighted by atomic mass is 15.2. The van der Waals surface area contributed by atoms with E-state index >= 15 is 0 Å². The Labute approximate surface area is 111 Å². The largest absolute Gasteiger partial charge is 0.369 e. The van der Waals surface area contributed by atoms with Crippen molar-refractivity contribution >= 4 is 5.69 Å². The molecule has 0 saturated heterocycles. The molecule has 18 heavy (non-hydrogen) atoms. The number of aryl methyl sites for hydroxylation is 1. The Bertz CT molecular complexity index is 394. The molecule has 2 nitrogen and oxygen atoms in total. The first-order valence-corrected chi connectivity index (χ1v) is 7.18. The minimum absolute atomic E-state index is 0.640. The second-order valence-corrected chi connectivity index (χ2v) is 5.92. The predicted octanol–water partition coefficient (Wildman–Crippen LogP) is 3.47. The minimum Gasteiger partial charge on any atom is -0.369 e. The van der Waals surface area contributed by atoms with Crippen molar-refractivity contribution in [3.05, 3.63) is 29.3 Å². The van der Waals surface area contributed by atoms with E-state index in [0.29, 0.717) is 6.54 Å². The first kappa shape index (κ1) is 13.4. The van der Waals surface area contributed by atoms with Crippen LogP contribution in [0.25, 0.3) is 0 Å². The fraction of sp³-hybridized carbons (Fsp3) is 0.625. The second-order valence-electron chi connectivity index (χ2n) is 5.92. The third-order valence-electron chi connectivity index (χ3n) is 3.81. The Hall–Kier alpha value is -1.02. The lowest BCUT2D eigenvalue weighted by molar-refractivity contribution is 0.570. The molecule has 2 heteroatoms. The third kappa shape index (κ3) is 3.26. The highest BCUT2D eigenvalue weighted by Gasteiger charge is 2.29. The summed E-state index contributed by atoms with van der Waals surface area (Å²) in [4.78, 5) is 2.59. The average molecular weight is 246 g/mol. The van der Waals surface area contributed by atoms with Crippen LogP contribution in [0.15, 0.2) is 18.2 Å². The molecule has 1 aliphatic rings. The van der Waals surface area contributed by atoms with Crippen LogP contribution in [0.5, 0.6) is 0 Å². The molecule has 100 valence electrons. The van der Waals surface area contributed by atoms with Gasteiger partial charge in [-0.3, -0.25) is 0 Å². The summed E-state index contributed by atoms with van der Waals surface area (Å²) >= 11 is 0. The molecule has 0 aliphatic heterocycles. The lowest BCUT2D eigenvalue weighted by Gasteiger charge is -2.26. The topological polar surface area (TPSA) is 29.3 Å². The van der Waals surface area contributed by atoms with Crippen molar-refractivity contribution in [2.24, 2.45) is 11.7 Å². The molecule has 0 heterocycles. The Morgan fingerprint density at radius 2 is 2.06 bits per heavy atom. The summed E-state index contributed by atoms with van der Waals surface area (Å²) in [6.45, 7) is 8.59. The smallest absolute Gasteiger partial charge is 0.0371 e. The van der Waals surface area contributed by atoms with Gasteiger partial charge in [0.1, 0.15) is 0 Å². The van der Waals surface area contributed by atoms with Gasteiger partial charge in [0.2, 0.25) is 0 Å². The lowest BCUT2D eigenvalue weighted by Crippen LogP contribution is -2.27. The highest BCUT2D eigenvalue weighted by molar-refractivity contribution is 5.52. The van der Waals surface area contributed by atoms with E-state index in [4.69, 9.17) is 5.73 Å². The molecule has 1 aromatic rings. The van der Waals surface area contributed by atoms with Crippen molar-refractivity contribution in [2.75, 3.05) is 11.4 Å². The van der Waals surface area contributed by atoms with Gasteiger partial charge in [0.15, 0.2) is 0 Å². The number of hydrogen-bond donors (Lipinski definition) is 1. The van der Waals surface area contributed by atoms with Crippen LogP contribution < -0.4 is 10.6 Å². The summed E-state index contributed by atoms with van der Waals surface area (Å²) in [5, 5.41) is 0. The first-order chi connectivity index (χ1) is 8.61. The molecule has 0 aromatic heterocycles. The molecule has 0 atom stereocenters. The molecule has 0 radical (unpaired) electrons. The summed E-state index contributed by atoms with van der Waals surface area (Å²) < 4.78 is 0.